The highest BCUT2D eigenvalue weighted by molar-refractivity contribution is 5.91. The molecule has 0 heterocycles. The van der Waals surface area contributed by atoms with Gasteiger partial charge in [0.1, 0.15) is 0 Å². The van der Waals surface area contributed by atoms with Crippen molar-refractivity contribution < 1.29 is 9.90 Å². The molecule has 3 nitrogen and oxygen atoms in total. The first-order chi connectivity index (χ1) is 10.0. The van der Waals surface area contributed by atoms with Gasteiger partial charge in [0, 0.05) is 19.7 Å². The van der Waals surface area contributed by atoms with Crippen molar-refractivity contribution in [1.82, 2.24) is 4.90 Å². The second-order valence-corrected chi connectivity index (χ2v) is 6.05. The van der Waals surface area contributed by atoms with Crippen molar-refractivity contribution in [3.8, 4) is 0 Å². The molecule has 21 heavy (non-hydrogen) atoms. The number of likely N-dealkylation sites (N-methyl/N-ethyl adjacent to an activating group) is 1. The van der Waals surface area contributed by atoms with E-state index < -0.39 is 5.60 Å². The maximum Gasteiger partial charge on any atom is 0.246 e. The number of aliphatic hydroxyl groups is 1. The Balaban J connectivity index is 1.91. The molecule has 1 saturated carbocycles. The molecule has 3 heteroatoms. The van der Waals surface area contributed by atoms with Crippen LogP contribution in [0.25, 0.3) is 6.08 Å². The van der Waals surface area contributed by atoms with Crippen LogP contribution < -0.4 is 0 Å². The van der Waals surface area contributed by atoms with Crippen LogP contribution in [0.5, 0.6) is 0 Å². The second kappa shape index (κ2) is 6.90. The second-order valence-electron chi connectivity index (χ2n) is 6.05. The molecule has 1 fully saturated rings. The zero-order valence-electron chi connectivity index (χ0n) is 13.0. The van der Waals surface area contributed by atoms with E-state index in [0.29, 0.717) is 6.54 Å². The molecule has 0 bridgehead atoms. The van der Waals surface area contributed by atoms with Gasteiger partial charge in [0.15, 0.2) is 0 Å². The monoisotopic (exact) mass is 287 g/mol. The van der Waals surface area contributed by atoms with Gasteiger partial charge in [-0.3, -0.25) is 4.79 Å². The Morgan fingerprint density at radius 2 is 1.90 bits per heavy atom. The maximum absolute atomic E-state index is 12.1. The van der Waals surface area contributed by atoms with E-state index in [1.54, 1.807) is 18.0 Å². The van der Waals surface area contributed by atoms with Crippen molar-refractivity contribution in [1.29, 1.82) is 0 Å². The van der Waals surface area contributed by atoms with Crippen LogP contribution in [0.1, 0.15) is 43.7 Å². The van der Waals surface area contributed by atoms with Crippen LogP contribution in [0.4, 0.5) is 0 Å². The van der Waals surface area contributed by atoms with Crippen molar-refractivity contribution in [2.24, 2.45) is 0 Å². The van der Waals surface area contributed by atoms with E-state index in [1.807, 2.05) is 18.2 Å². The maximum atomic E-state index is 12.1. The molecule has 1 amide bonds. The van der Waals surface area contributed by atoms with Crippen molar-refractivity contribution in [2.75, 3.05) is 13.6 Å². The third-order valence-corrected chi connectivity index (χ3v) is 4.25. The summed E-state index contributed by atoms with van der Waals surface area (Å²) in [4.78, 5) is 13.7. The number of rotatable bonds is 5. The summed E-state index contributed by atoms with van der Waals surface area (Å²) >= 11 is 0. The van der Waals surface area contributed by atoms with Crippen LogP contribution in [-0.4, -0.2) is 35.1 Å². The number of nitrogens with zero attached hydrogens (tertiary/aromatic N) is 1. The normalized spacial score (nSPS) is 17.3. The Morgan fingerprint density at radius 1 is 1.29 bits per heavy atom. The van der Waals surface area contributed by atoms with E-state index in [2.05, 4.69) is 19.1 Å². The zero-order chi connectivity index (χ0) is 15.3. The molecule has 0 saturated heterocycles. The minimum Gasteiger partial charge on any atom is -0.388 e. The van der Waals surface area contributed by atoms with E-state index >= 15 is 0 Å². The molecule has 1 aromatic carbocycles. The van der Waals surface area contributed by atoms with E-state index in [9.17, 15) is 9.90 Å². The van der Waals surface area contributed by atoms with Gasteiger partial charge in [-0.05, 0) is 36.5 Å². The van der Waals surface area contributed by atoms with Crippen LogP contribution in [0.15, 0.2) is 30.3 Å². The molecule has 114 valence electrons. The lowest BCUT2D eigenvalue weighted by Crippen LogP contribution is -2.41. The van der Waals surface area contributed by atoms with E-state index in [1.165, 1.54) is 5.56 Å². The lowest BCUT2D eigenvalue weighted by Gasteiger charge is -2.27. The summed E-state index contributed by atoms with van der Waals surface area (Å²) in [6, 6.07) is 8.20. The number of hydrogen-bond donors (Lipinski definition) is 1. The average Bonchev–Trinajstić information content (AvgIpc) is 2.91. The molecule has 1 aromatic rings. The molecular formula is C18H25NO2. The van der Waals surface area contributed by atoms with Gasteiger partial charge in [0.05, 0.1) is 5.60 Å². The molecule has 0 unspecified atom stereocenters. The predicted octanol–water partition coefficient (Wildman–Crippen LogP) is 3.03. The van der Waals surface area contributed by atoms with E-state index in [-0.39, 0.29) is 5.91 Å². The number of benzene rings is 1. The molecule has 0 aromatic heterocycles. The first-order valence-electron chi connectivity index (χ1n) is 7.77. The van der Waals surface area contributed by atoms with Gasteiger partial charge in [-0.15, -0.1) is 0 Å². The van der Waals surface area contributed by atoms with E-state index in [0.717, 1.165) is 37.7 Å². The Labute approximate surface area is 127 Å². The lowest BCUT2D eigenvalue weighted by atomic mass is 10.0. The lowest BCUT2D eigenvalue weighted by molar-refractivity contribution is -0.127. The largest absolute Gasteiger partial charge is 0.388 e. The van der Waals surface area contributed by atoms with Gasteiger partial charge in [0.2, 0.25) is 5.91 Å². The number of amides is 1. The summed E-state index contributed by atoms with van der Waals surface area (Å²) in [6.07, 6.45) is 8.14. The van der Waals surface area contributed by atoms with Crippen LogP contribution >= 0.6 is 0 Å². The average molecular weight is 287 g/mol. The first-order valence-corrected chi connectivity index (χ1v) is 7.77. The summed E-state index contributed by atoms with van der Waals surface area (Å²) in [5.41, 5.74) is 1.63. The van der Waals surface area contributed by atoms with Crippen molar-refractivity contribution >= 4 is 12.0 Å². The van der Waals surface area contributed by atoms with Gasteiger partial charge in [-0.1, -0.05) is 44.0 Å². The van der Waals surface area contributed by atoms with Crippen LogP contribution in [-0.2, 0) is 11.2 Å². The standard InChI is InChI=1S/C18H25NO2/c1-3-15-6-8-16(9-7-15)10-11-17(20)19(2)14-18(21)12-4-5-13-18/h6-11,21H,3-5,12-14H2,1-2H3/b11-10+. The third kappa shape index (κ3) is 4.43. The number of carbonyl (C=O) groups is 1. The summed E-state index contributed by atoms with van der Waals surface area (Å²) in [6.45, 7) is 2.54. The highest BCUT2D eigenvalue weighted by Crippen LogP contribution is 2.29. The van der Waals surface area contributed by atoms with E-state index in [4.69, 9.17) is 0 Å². The summed E-state index contributed by atoms with van der Waals surface area (Å²) < 4.78 is 0. The topological polar surface area (TPSA) is 40.5 Å². The molecule has 1 aliphatic rings. The van der Waals surface area contributed by atoms with Gasteiger partial charge in [-0.25, -0.2) is 0 Å². The smallest absolute Gasteiger partial charge is 0.246 e. The molecule has 0 radical (unpaired) electrons. The van der Waals surface area contributed by atoms with Gasteiger partial charge in [-0.2, -0.15) is 0 Å². The summed E-state index contributed by atoms with van der Waals surface area (Å²) in [5.74, 6) is -0.0603. The predicted molar refractivity (Wildman–Crippen MR) is 85.9 cm³/mol. The Kier molecular flexibility index (Phi) is 5.18. The quantitative estimate of drug-likeness (QED) is 0.846. The van der Waals surface area contributed by atoms with Gasteiger partial charge >= 0.3 is 0 Å². The number of carbonyl (C=O) groups excluding carboxylic acids is 1. The highest BCUT2D eigenvalue weighted by Gasteiger charge is 2.32. The van der Waals surface area contributed by atoms with Crippen molar-refractivity contribution in [3.63, 3.8) is 0 Å². The Bertz CT molecular complexity index is 498. The molecule has 1 aliphatic carbocycles. The van der Waals surface area contributed by atoms with Crippen LogP contribution in [0.3, 0.4) is 0 Å². The van der Waals surface area contributed by atoms with Crippen LogP contribution in [0.2, 0.25) is 0 Å². The molecule has 0 spiro atoms. The number of hydrogen-bond acceptors (Lipinski definition) is 2. The fourth-order valence-electron chi connectivity index (χ4n) is 2.87. The number of aryl methyl sites for hydroxylation is 1. The summed E-state index contributed by atoms with van der Waals surface area (Å²) in [5, 5.41) is 10.3. The minimum absolute atomic E-state index is 0.0603. The van der Waals surface area contributed by atoms with Gasteiger partial charge < -0.3 is 10.0 Å². The third-order valence-electron chi connectivity index (χ3n) is 4.25. The van der Waals surface area contributed by atoms with Crippen molar-refractivity contribution in [2.45, 2.75) is 44.6 Å². The summed E-state index contributed by atoms with van der Waals surface area (Å²) in [7, 11) is 1.75. The Hall–Kier alpha value is -1.61. The fourth-order valence-corrected chi connectivity index (χ4v) is 2.87. The highest BCUT2D eigenvalue weighted by atomic mass is 16.3. The molecule has 0 aliphatic heterocycles. The fraction of sp³-hybridized carbons (Fsp3) is 0.500. The molecule has 1 N–H and O–H groups in total. The SMILES string of the molecule is CCc1ccc(/C=C/C(=O)N(C)CC2(O)CCCC2)cc1. The zero-order valence-corrected chi connectivity index (χ0v) is 13.0. The minimum atomic E-state index is -0.680. The van der Waals surface area contributed by atoms with Crippen molar-refractivity contribution in [3.05, 3.63) is 41.5 Å². The first kappa shape index (κ1) is 15.8. The van der Waals surface area contributed by atoms with Gasteiger partial charge in [0.25, 0.3) is 0 Å². The molecule has 2 rings (SSSR count). The molecular weight excluding hydrogens is 262 g/mol. The Morgan fingerprint density at radius 3 is 2.48 bits per heavy atom. The molecule has 0 atom stereocenters. The van der Waals surface area contributed by atoms with Crippen LogP contribution in [0, 0.1) is 0 Å².